The zero-order valence-corrected chi connectivity index (χ0v) is 8.85. The van der Waals surface area contributed by atoms with Crippen LogP contribution in [0.1, 0.15) is 18.1 Å². The molecule has 0 aliphatic rings. The summed E-state index contributed by atoms with van der Waals surface area (Å²) in [4.78, 5) is 11.3. The quantitative estimate of drug-likeness (QED) is 0.742. The standard InChI is InChI=1S/C11H16N2O/c1-4-12-11(14)13-10-7-5-6-8(2)9(10)3/h5-7H,4H2,1-3H3,(H2,12,13,14). The van der Waals surface area contributed by atoms with Crippen LogP contribution in [-0.4, -0.2) is 12.6 Å². The number of carbonyl (C=O) groups excluding carboxylic acids is 1. The second-order valence-corrected chi connectivity index (χ2v) is 3.23. The largest absolute Gasteiger partial charge is 0.338 e. The summed E-state index contributed by atoms with van der Waals surface area (Å²) < 4.78 is 0. The molecular weight excluding hydrogens is 176 g/mol. The Morgan fingerprint density at radius 1 is 1.36 bits per heavy atom. The molecule has 0 aliphatic carbocycles. The van der Waals surface area contributed by atoms with E-state index in [-0.39, 0.29) is 6.03 Å². The van der Waals surface area contributed by atoms with Crippen LogP contribution in [-0.2, 0) is 0 Å². The highest BCUT2D eigenvalue weighted by Gasteiger charge is 2.03. The summed E-state index contributed by atoms with van der Waals surface area (Å²) in [6, 6.07) is 5.71. The fraction of sp³-hybridized carbons (Fsp3) is 0.364. The smallest absolute Gasteiger partial charge is 0.319 e. The molecule has 0 radical (unpaired) electrons. The minimum Gasteiger partial charge on any atom is -0.338 e. The Labute approximate surface area is 84.5 Å². The van der Waals surface area contributed by atoms with E-state index in [1.54, 1.807) is 0 Å². The van der Waals surface area contributed by atoms with Gasteiger partial charge in [0.2, 0.25) is 0 Å². The number of hydrogen-bond donors (Lipinski definition) is 2. The van der Waals surface area contributed by atoms with Crippen LogP contribution in [0.4, 0.5) is 10.5 Å². The fourth-order valence-electron chi connectivity index (χ4n) is 1.21. The van der Waals surface area contributed by atoms with E-state index >= 15 is 0 Å². The van der Waals surface area contributed by atoms with E-state index in [1.807, 2.05) is 39.0 Å². The van der Waals surface area contributed by atoms with Crippen LogP contribution < -0.4 is 10.6 Å². The van der Waals surface area contributed by atoms with E-state index in [1.165, 1.54) is 5.56 Å². The van der Waals surface area contributed by atoms with Gasteiger partial charge in [0.25, 0.3) is 0 Å². The maximum Gasteiger partial charge on any atom is 0.319 e. The van der Waals surface area contributed by atoms with Crippen molar-refractivity contribution in [3.05, 3.63) is 29.3 Å². The van der Waals surface area contributed by atoms with Crippen LogP contribution in [0.3, 0.4) is 0 Å². The summed E-state index contributed by atoms with van der Waals surface area (Å²) in [7, 11) is 0. The molecule has 0 unspecified atom stereocenters. The highest BCUT2D eigenvalue weighted by atomic mass is 16.2. The molecule has 0 saturated heterocycles. The molecular formula is C11H16N2O. The van der Waals surface area contributed by atoms with Gasteiger partial charge < -0.3 is 10.6 Å². The zero-order chi connectivity index (χ0) is 10.6. The van der Waals surface area contributed by atoms with Crippen LogP contribution in [0.25, 0.3) is 0 Å². The molecule has 0 atom stereocenters. The third-order valence-corrected chi connectivity index (χ3v) is 2.19. The third-order valence-electron chi connectivity index (χ3n) is 2.19. The summed E-state index contributed by atoms with van der Waals surface area (Å²) >= 11 is 0. The van der Waals surface area contributed by atoms with Crippen molar-refractivity contribution in [3.63, 3.8) is 0 Å². The van der Waals surface area contributed by atoms with Crippen LogP contribution in [0.2, 0.25) is 0 Å². The van der Waals surface area contributed by atoms with Crippen LogP contribution in [0.15, 0.2) is 18.2 Å². The van der Waals surface area contributed by atoms with E-state index in [2.05, 4.69) is 10.6 Å². The van der Waals surface area contributed by atoms with Crippen molar-refractivity contribution in [1.82, 2.24) is 5.32 Å². The van der Waals surface area contributed by atoms with Crippen molar-refractivity contribution in [2.24, 2.45) is 0 Å². The molecule has 1 aromatic rings. The first kappa shape index (κ1) is 10.6. The number of anilines is 1. The highest BCUT2D eigenvalue weighted by Crippen LogP contribution is 2.17. The van der Waals surface area contributed by atoms with Gasteiger partial charge in [-0.15, -0.1) is 0 Å². The molecule has 3 heteroatoms. The minimum atomic E-state index is -0.152. The third kappa shape index (κ3) is 2.49. The van der Waals surface area contributed by atoms with E-state index in [9.17, 15) is 4.79 Å². The molecule has 0 aliphatic heterocycles. The summed E-state index contributed by atoms with van der Waals surface area (Å²) in [6.45, 7) is 6.55. The molecule has 3 nitrogen and oxygen atoms in total. The first-order valence-electron chi connectivity index (χ1n) is 4.76. The topological polar surface area (TPSA) is 41.1 Å². The number of amides is 2. The normalized spacial score (nSPS) is 9.64. The molecule has 2 amide bonds. The Hall–Kier alpha value is -1.51. The molecule has 0 aromatic heterocycles. The monoisotopic (exact) mass is 192 g/mol. The first-order valence-corrected chi connectivity index (χ1v) is 4.76. The molecule has 0 fully saturated rings. The molecule has 0 saturated carbocycles. The van der Waals surface area contributed by atoms with Crippen LogP contribution >= 0.6 is 0 Å². The number of aryl methyl sites for hydroxylation is 1. The van der Waals surface area contributed by atoms with E-state index < -0.39 is 0 Å². The maximum atomic E-state index is 11.3. The lowest BCUT2D eigenvalue weighted by Crippen LogP contribution is -2.28. The Morgan fingerprint density at radius 2 is 2.07 bits per heavy atom. The molecule has 14 heavy (non-hydrogen) atoms. The number of hydrogen-bond acceptors (Lipinski definition) is 1. The van der Waals surface area contributed by atoms with Crippen LogP contribution in [0, 0.1) is 13.8 Å². The Kier molecular flexibility index (Phi) is 3.51. The second kappa shape index (κ2) is 4.65. The van der Waals surface area contributed by atoms with Gasteiger partial charge in [-0.05, 0) is 38.0 Å². The average Bonchev–Trinajstić information content (AvgIpc) is 2.13. The lowest BCUT2D eigenvalue weighted by Gasteiger charge is -2.10. The number of carbonyl (C=O) groups is 1. The average molecular weight is 192 g/mol. The number of rotatable bonds is 2. The van der Waals surface area contributed by atoms with Gasteiger partial charge in [-0.1, -0.05) is 12.1 Å². The van der Waals surface area contributed by atoms with E-state index in [4.69, 9.17) is 0 Å². The molecule has 0 bridgehead atoms. The zero-order valence-electron chi connectivity index (χ0n) is 8.85. The van der Waals surface area contributed by atoms with E-state index in [0.29, 0.717) is 6.54 Å². The SMILES string of the molecule is CCNC(=O)Nc1cccc(C)c1C. The van der Waals surface area contributed by atoms with Gasteiger partial charge in [-0.2, -0.15) is 0 Å². The maximum absolute atomic E-state index is 11.3. The number of benzene rings is 1. The molecule has 1 rings (SSSR count). The second-order valence-electron chi connectivity index (χ2n) is 3.23. The summed E-state index contributed by atoms with van der Waals surface area (Å²) in [5.41, 5.74) is 3.16. The Bertz CT molecular complexity index is 334. The van der Waals surface area contributed by atoms with Crippen molar-refractivity contribution in [2.45, 2.75) is 20.8 Å². The fourth-order valence-corrected chi connectivity index (χ4v) is 1.21. The van der Waals surface area contributed by atoms with Gasteiger partial charge in [0, 0.05) is 12.2 Å². The van der Waals surface area contributed by atoms with Crippen molar-refractivity contribution in [3.8, 4) is 0 Å². The summed E-state index contributed by atoms with van der Waals surface area (Å²) in [5, 5.41) is 5.49. The first-order chi connectivity index (χ1) is 6.65. The van der Waals surface area contributed by atoms with Crippen molar-refractivity contribution >= 4 is 11.7 Å². The predicted octanol–water partition coefficient (Wildman–Crippen LogP) is 2.44. The highest BCUT2D eigenvalue weighted by molar-refractivity contribution is 5.90. The van der Waals surface area contributed by atoms with Gasteiger partial charge in [0.05, 0.1) is 0 Å². The van der Waals surface area contributed by atoms with Crippen molar-refractivity contribution in [2.75, 3.05) is 11.9 Å². The summed E-state index contributed by atoms with van der Waals surface area (Å²) in [6.07, 6.45) is 0. The van der Waals surface area contributed by atoms with Gasteiger partial charge in [0.1, 0.15) is 0 Å². The Balaban J connectivity index is 2.76. The molecule has 76 valence electrons. The van der Waals surface area contributed by atoms with Gasteiger partial charge in [0.15, 0.2) is 0 Å². The van der Waals surface area contributed by atoms with Crippen LogP contribution in [0.5, 0.6) is 0 Å². The van der Waals surface area contributed by atoms with Crippen molar-refractivity contribution in [1.29, 1.82) is 0 Å². The number of urea groups is 1. The van der Waals surface area contributed by atoms with Crippen molar-refractivity contribution < 1.29 is 4.79 Å². The lowest BCUT2D eigenvalue weighted by molar-refractivity contribution is 0.252. The summed E-state index contributed by atoms with van der Waals surface area (Å²) in [5.74, 6) is 0. The number of nitrogens with one attached hydrogen (secondary N) is 2. The predicted molar refractivity (Wildman–Crippen MR) is 58.6 cm³/mol. The minimum absolute atomic E-state index is 0.152. The lowest BCUT2D eigenvalue weighted by atomic mass is 10.1. The van der Waals surface area contributed by atoms with Gasteiger partial charge >= 0.3 is 6.03 Å². The Morgan fingerprint density at radius 3 is 2.71 bits per heavy atom. The van der Waals surface area contributed by atoms with Gasteiger partial charge in [-0.3, -0.25) is 0 Å². The molecule has 2 N–H and O–H groups in total. The van der Waals surface area contributed by atoms with E-state index in [0.717, 1.165) is 11.3 Å². The molecule has 1 aromatic carbocycles. The molecule has 0 heterocycles. The van der Waals surface area contributed by atoms with Gasteiger partial charge in [-0.25, -0.2) is 4.79 Å². The molecule has 0 spiro atoms.